The first-order valence-corrected chi connectivity index (χ1v) is 7.91. The quantitative estimate of drug-likeness (QED) is 0.865. The van der Waals surface area contributed by atoms with E-state index in [1.807, 2.05) is 26.8 Å². The van der Waals surface area contributed by atoms with E-state index in [1.165, 1.54) is 0 Å². The van der Waals surface area contributed by atoms with Crippen LogP contribution in [-0.2, 0) is 4.74 Å². The minimum absolute atomic E-state index is 0.256. The van der Waals surface area contributed by atoms with Gasteiger partial charge in [-0.3, -0.25) is 0 Å². The summed E-state index contributed by atoms with van der Waals surface area (Å²) in [4.78, 5) is 22.0. The number of rotatable bonds is 3. The fourth-order valence-electron chi connectivity index (χ4n) is 2.48. The van der Waals surface area contributed by atoms with Gasteiger partial charge in [0.2, 0.25) is 5.28 Å². The first-order valence-electron chi connectivity index (χ1n) is 7.54. The van der Waals surface area contributed by atoms with Crippen LogP contribution in [0.1, 0.15) is 33.6 Å². The van der Waals surface area contributed by atoms with Crippen LogP contribution in [0.2, 0.25) is 5.28 Å². The van der Waals surface area contributed by atoms with Crippen LogP contribution in [0.4, 0.5) is 10.6 Å². The molecule has 0 saturated carbocycles. The molecule has 1 fully saturated rings. The van der Waals surface area contributed by atoms with Gasteiger partial charge in [0.15, 0.2) is 0 Å². The lowest BCUT2D eigenvalue weighted by Gasteiger charge is -2.33. The smallest absolute Gasteiger partial charge is 0.407 e. The molecule has 0 bridgehead atoms. The van der Waals surface area contributed by atoms with E-state index < -0.39 is 5.60 Å². The molecule has 1 aromatic heterocycles. The summed E-state index contributed by atoms with van der Waals surface area (Å²) >= 11 is 5.84. The minimum atomic E-state index is -0.472. The standard InChI is InChI=1S/C15H23ClN4O2/c1-15(2,3)22-14(21)18-9-11-5-4-8-20(10-11)12-6-7-17-13(16)19-12/h6-7,11H,4-5,8-10H2,1-3H3,(H,18,21)/t11-/m1/s1. The number of nitrogens with zero attached hydrogens (tertiary/aromatic N) is 3. The minimum Gasteiger partial charge on any atom is -0.444 e. The zero-order valence-electron chi connectivity index (χ0n) is 13.3. The Morgan fingerprint density at radius 1 is 1.55 bits per heavy atom. The molecule has 0 unspecified atom stereocenters. The Morgan fingerprint density at radius 3 is 3.00 bits per heavy atom. The number of carbonyl (C=O) groups excluding carboxylic acids is 1. The predicted octanol–water partition coefficient (Wildman–Crippen LogP) is 2.87. The number of carbonyl (C=O) groups is 1. The third-order valence-electron chi connectivity index (χ3n) is 3.39. The highest BCUT2D eigenvalue weighted by Gasteiger charge is 2.23. The molecule has 122 valence electrons. The zero-order valence-corrected chi connectivity index (χ0v) is 14.1. The number of amides is 1. The van der Waals surface area contributed by atoms with Crippen molar-refractivity contribution >= 4 is 23.5 Å². The third kappa shape index (κ3) is 5.33. The Kier molecular flexibility index (Phi) is 5.45. The summed E-state index contributed by atoms with van der Waals surface area (Å²) in [6, 6.07) is 1.86. The first-order chi connectivity index (χ1) is 10.3. The van der Waals surface area contributed by atoms with Gasteiger partial charge in [-0.1, -0.05) is 0 Å². The van der Waals surface area contributed by atoms with Gasteiger partial charge in [-0.15, -0.1) is 0 Å². The molecule has 6 nitrogen and oxygen atoms in total. The van der Waals surface area contributed by atoms with Crippen molar-refractivity contribution in [3.63, 3.8) is 0 Å². The van der Waals surface area contributed by atoms with Crippen LogP contribution in [0.5, 0.6) is 0 Å². The van der Waals surface area contributed by atoms with Crippen LogP contribution in [0.3, 0.4) is 0 Å². The van der Waals surface area contributed by atoms with Gasteiger partial charge >= 0.3 is 6.09 Å². The lowest BCUT2D eigenvalue weighted by Crippen LogP contribution is -2.42. The average Bonchev–Trinajstić information content (AvgIpc) is 2.44. The van der Waals surface area contributed by atoms with Crippen molar-refractivity contribution in [2.45, 2.75) is 39.2 Å². The van der Waals surface area contributed by atoms with E-state index in [0.29, 0.717) is 12.5 Å². The summed E-state index contributed by atoms with van der Waals surface area (Å²) in [5.41, 5.74) is -0.472. The van der Waals surface area contributed by atoms with E-state index in [4.69, 9.17) is 16.3 Å². The van der Waals surface area contributed by atoms with E-state index in [-0.39, 0.29) is 11.4 Å². The molecule has 1 atom stereocenters. The van der Waals surface area contributed by atoms with Gasteiger partial charge < -0.3 is 15.0 Å². The second-order valence-electron chi connectivity index (χ2n) is 6.52. The van der Waals surface area contributed by atoms with Crippen molar-refractivity contribution in [3.05, 3.63) is 17.5 Å². The molecule has 1 aliphatic heterocycles. The van der Waals surface area contributed by atoms with Crippen molar-refractivity contribution in [2.24, 2.45) is 5.92 Å². The summed E-state index contributed by atoms with van der Waals surface area (Å²) in [5, 5.41) is 3.10. The van der Waals surface area contributed by atoms with Crippen molar-refractivity contribution < 1.29 is 9.53 Å². The molecule has 0 spiro atoms. The zero-order chi connectivity index (χ0) is 16.2. The molecule has 1 N–H and O–H groups in total. The Bertz CT molecular complexity index is 519. The summed E-state index contributed by atoms with van der Waals surface area (Å²) in [7, 11) is 0. The molecule has 0 radical (unpaired) electrons. The van der Waals surface area contributed by atoms with E-state index in [0.717, 1.165) is 31.7 Å². The van der Waals surface area contributed by atoms with Gasteiger partial charge in [-0.25, -0.2) is 14.8 Å². The van der Waals surface area contributed by atoms with Gasteiger partial charge in [0.1, 0.15) is 11.4 Å². The van der Waals surface area contributed by atoms with Gasteiger partial charge in [0, 0.05) is 25.8 Å². The van der Waals surface area contributed by atoms with Crippen LogP contribution in [-0.4, -0.2) is 41.3 Å². The summed E-state index contributed by atoms with van der Waals surface area (Å²) < 4.78 is 5.25. The molecule has 1 saturated heterocycles. The fraction of sp³-hybridized carbons (Fsp3) is 0.667. The van der Waals surface area contributed by atoms with E-state index >= 15 is 0 Å². The third-order valence-corrected chi connectivity index (χ3v) is 3.57. The Morgan fingerprint density at radius 2 is 2.32 bits per heavy atom. The SMILES string of the molecule is CC(C)(C)OC(=O)NC[C@H]1CCCN(c2ccnc(Cl)n2)C1. The van der Waals surface area contributed by atoms with Crippen LogP contribution >= 0.6 is 11.6 Å². The number of aromatic nitrogens is 2. The number of hydrogen-bond donors (Lipinski definition) is 1. The van der Waals surface area contributed by atoms with Gasteiger partial charge in [-0.05, 0) is 57.2 Å². The van der Waals surface area contributed by atoms with E-state index in [9.17, 15) is 4.79 Å². The number of ether oxygens (including phenoxy) is 1. The summed E-state index contributed by atoms with van der Waals surface area (Å²) in [6.07, 6.45) is 3.43. The molecule has 1 aliphatic rings. The number of anilines is 1. The van der Waals surface area contributed by atoms with E-state index in [2.05, 4.69) is 20.2 Å². The van der Waals surface area contributed by atoms with Gasteiger partial charge in [0.05, 0.1) is 0 Å². The molecule has 22 heavy (non-hydrogen) atoms. The molecule has 1 aromatic rings. The molecular weight excluding hydrogens is 304 g/mol. The van der Waals surface area contributed by atoms with Crippen LogP contribution in [0.25, 0.3) is 0 Å². The normalized spacial score (nSPS) is 18.9. The number of alkyl carbamates (subject to hydrolysis) is 1. The second kappa shape index (κ2) is 7.13. The van der Waals surface area contributed by atoms with Crippen LogP contribution in [0, 0.1) is 5.92 Å². The van der Waals surface area contributed by atoms with Crippen LogP contribution < -0.4 is 10.2 Å². The number of piperidine rings is 1. The molecule has 0 aliphatic carbocycles. The van der Waals surface area contributed by atoms with E-state index in [1.54, 1.807) is 6.20 Å². The van der Waals surface area contributed by atoms with Crippen molar-refractivity contribution in [3.8, 4) is 0 Å². The molecule has 2 rings (SSSR count). The topological polar surface area (TPSA) is 67.3 Å². The summed E-state index contributed by atoms with van der Waals surface area (Å²) in [6.45, 7) is 7.94. The highest BCUT2D eigenvalue weighted by molar-refractivity contribution is 6.28. The fourth-order valence-corrected chi connectivity index (χ4v) is 2.63. The van der Waals surface area contributed by atoms with Gasteiger partial charge in [0.25, 0.3) is 0 Å². The number of hydrogen-bond acceptors (Lipinski definition) is 5. The second-order valence-corrected chi connectivity index (χ2v) is 6.86. The van der Waals surface area contributed by atoms with Crippen molar-refractivity contribution in [1.29, 1.82) is 0 Å². The van der Waals surface area contributed by atoms with Gasteiger partial charge in [-0.2, -0.15) is 0 Å². The molecular formula is C15H23ClN4O2. The average molecular weight is 327 g/mol. The largest absolute Gasteiger partial charge is 0.444 e. The predicted molar refractivity (Wildman–Crippen MR) is 86.2 cm³/mol. The van der Waals surface area contributed by atoms with Crippen molar-refractivity contribution in [1.82, 2.24) is 15.3 Å². The highest BCUT2D eigenvalue weighted by Crippen LogP contribution is 2.21. The maximum atomic E-state index is 11.7. The monoisotopic (exact) mass is 326 g/mol. The molecule has 1 amide bonds. The molecule has 2 heterocycles. The maximum absolute atomic E-state index is 11.7. The molecule has 0 aromatic carbocycles. The van der Waals surface area contributed by atoms with Crippen LogP contribution in [0.15, 0.2) is 12.3 Å². The lowest BCUT2D eigenvalue weighted by molar-refractivity contribution is 0.0517. The maximum Gasteiger partial charge on any atom is 0.407 e. The van der Waals surface area contributed by atoms with Crippen molar-refractivity contribution in [2.75, 3.05) is 24.5 Å². The Hall–Kier alpha value is -1.56. The highest BCUT2D eigenvalue weighted by atomic mass is 35.5. The number of halogens is 1. The summed E-state index contributed by atoms with van der Waals surface area (Å²) in [5.74, 6) is 1.21. The Balaban J connectivity index is 1.85. The Labute approximate surface area is 136 Å². The number of nitrogens with one attached hydrogen (secondary N) is 1. The first kappa shape index (κ1) is 16.8. The molecule has 7 heteroatoms. The lowest BCUT2D eigenvalue weighted by atomic mass is 9.98.